The second kappa shape index (κ2) is 6.83. The van der Waals surface area contributed by atoms with Gasteiger partial charge < -0.3 is 15.4 Å². The predicted octanol–water partition coefficient (Wildman–Crippen LogP) is 4.35. The van der Waals surface area contributed by atoms with Gasteiger partial charge in [-0.1, -0.05) is 13.8 Å². The number of rotatable bonds is 4. The highest BCUT2D eigenvalue weighted by Gasteiger charge is 2.32. The Hall–Kier alpha value is -2.82. The first kappa shape index (κ1) is 18.0. The number of hydrogen-bond donors (Lipinski definition) is 2. The smallest absolute Gasteiger partial charge is 0.255 e. The molecule has 0 radical (unpaired) electrons. The summed E-state index contributed by atoms with van der Waals surface area (Å²) >= 11 is 0. The van der Waals surface area contributed by atoms with Gasteiger partial charge in [-0.25, -0.2) is 0 Å². The molecular weight excluding hydrogens is 328 g/mol. The summed E-state index contributed by atoms with van der Waals surface area (Å²) in [7, 11) is 0. The number of amides is 2. The molecule has 1 aliphatic rings. The summed E-state index contributed by atoms with van der Waals surface area (Å²) in [5, 5.41) is 5.81. The zero-order valence-corrected chi connectivity index (χ0v) is 15.6. The van der Waals surface area contributed by atoms with Gasteiger partial charge in [-0.15, -0.1) is 0 Å². The minimum absolute atomic E-state index is 0.0167. The van der Waals surface area contributed by atoms with E-state index in [2.05, 4.69) is 10.6 Å². The molecule has 1 aliphatic heterocycles. The largest absolute Gasteiger partial charge is 0.491 e. The molecule has 0 unspecified atom stereocenters. The van der Waals surface area contributed by atoms with Crippen LogP contribution in [0.2, 0.25) is 0 Å². The van der Waals surface area contributed by atoms with E-state index in [9.17, 15) is 9.59 Å². The fourth-order valence-electron chi connectivity index (χ4n) is 3.14. The maximum absolute atomic E-state index is 12.5. The number of carbonyl (C=O) groups excluding carboxylic acids is 2. The Morgan fingerprint density at radius 3 is 2.50 bits per heavy atom. The maximum Gasteiger partial charge on any atom is 0.255 e. The van der Waals surface area contributed by atoms with E-state index >= 15 is 0 Å². The lowest BCUT2D eigenvalue weighted by Gasteiger charge is -2.32. The Morgan fingerprint density at radius 2 is 1.85 bits per heavy atom. The third kappa shape index (κ3) is 3.87. The molecule has 0 aliphatic carbocycles. The van der Waals surface area contributed by atoms with E-state index < -0.39 is 0 Å². The van der Waals surface area contributed by atoms with Crippen LogP contribution in [0.3, 0.4) is 0 Å². The summed E-state index contributed by atoms with van der Waals surface area (Å²) in [6.07, 6.45) is 0.517. The van der Waals surface area contributed by atoms with Gasteiger partial charge in [-0.05, 0) is 61.9 Å². The molecule has 2 aromatic rings. The number of anilines is 2. The van der Waals surface area contributed by atoms with Crippen molar-refractivity contribution in [2.24, 2.45) is 0 Å². The van der Waals surface area contributed by atoms with Gasteiger partial charge in [0.1, 0.15) is 5.75 Å². The SMILES string of the molecule is CC(C)Oc1ccc(C(=O)Nc2ccc3c(c2)C(C)(C)CC(=O)N3)cc1. The van der Waals surface area contributed by atoms with E-state index in [1.807, 2.05) is 39.8 Å². The first-order valence-corrected chi connectivity index (χ1v) is 8.77. The molecule has 0 atom stereocenters. The van der Waals surface area contributed by atoms with Crippen molar-refractivity contribution in [1.82, 2.24) is 0 Å². The van der Waals surface area contributed by atoms with Crippen molar-refractivity contribution >= 4 is 23.2 Å². The number of carbonyl (C=O) groups is 2. The molecule has 2 N–H and O–H groups in total. The van der Waals surface area contributed by atoms with E-state index in [1.165, 1.54) is 0 Å². The predicted molar refractivity (Wildman–Crippen MR) is 103 cm³/mol. The Labute approximate surface area is 153 Å². The number of hydrogen-bond acceptors (Lipinski definition) is 3. The topological polar surface area (TPSA) is 67.4 Å². The second-order valence-corrected chi connectivity index (χ2v) is 7.51. The highest BCUT2D eigenvalue weighted by atomic mass is 16.5. The fraction of sp³-hybridized carbons (Fsp3) is 0.333. The van der Waals surface area contributed by atoms with Gasteiger partial charge >= 0.3 is 0 Å². The molecule has 0 bridgehead atoms. The molecule has 5 heteroatoms. The van der Waals surface area contributed by atoms with Gasteiger partial charge in [0, 0.05) is 28.8 Å². The zero-order chi connectivity index (χ0) is 18.9. The molecule has 0 saturated carbocycles. The van der Waals surface area contributed by atoms with Gasteiger partial charge in [-0.3, -0.25) is 9.59 Å². The van der Waals surface area contributed by atoms with E-state index in [0.29, 0.717) is 17.7 Å². The second-order valence-electron chi connectivity index (χ2n) is 7.51. The lowest BCUT2D eigenvalue weighted by Crippen LogP contribution is -2.32. The Kier molecular flexibility index (Phi) is 4.72. The van der Waals surface area contributed by atoms with Crippen molar-refractivity contribution in [3.05, 3.63) is 53.6 Å². The molecule has 136 valence electrons. The highest BCUT2D eigenvalue weighted by molar-refractivity contribution is 6.05. The monoisotopic (exact) mass is 352 g/mol. The quantitative estimate of drug-likeness (QED) is 0.860. The molecule has 0 spiro atoms. The Morgan fingerprint density at radius 1 is 1.15 bits per heavy atom. The van der Waals surface area contributed by atoms with Crippen LogP contribution >= 0.6 is 0 Å². The molecule has 26 heavy (non-hydrogen) atoms. The molecule has 0 saturated heterocycles. The molecule has 2 amide bonds. The molecule has 0 aromatic heterocycles. The van der Waals surface area contributed by atoms with Crippen LogP contribution in [-0.2, 0) is 10.2 Å². The van der Waals surface area contributed by atoms with Crippen LogP contribution < -0.4 is 15.4 Å². The van der Waals surface area contributed by atoms with Crippen molar-refractivity contribution in [2.75, 3.05) is 10.6 Å². The van der Waals surface area contributed by atoms with Crippen LogP contribution in [0.5, 0.6) is 5.75 Å². The van der Waals surface area contributed by atoms with Gasteiger partial charge in [-0.2, -0.15) is 0 Å². The fourth-order valence-corrected chi connectivity index (χ4v) is 3.14. The molecule has 0 fully saturated rings. The molecular formula is C21H24N2O3. The highest BCUT2D eigenvalue weighted by Crippen LogP contribution is 2.38. The Balaban J connectivity index is 1.77. The third-order valence-corrected chi connectivity index (χ3v) is 4.37. The van der Waals surface area contributed by atoms with Crippen LogP contribution in [0.15, 0.2) is 42.5 Å². The average molecular weight is 352 g/mol. The zero-order valence-electron chi connectivity index (χ0n) is 15.6. The van der Waals surface area contributed by atoms with Gasteiger partial charge in [0.15, 0.2) is 0 Å². The van der Waals surface area contributed by atoms with Crippen molar-refractivity contribution in [2.45, 2.75) is 45.6 Å². The summed E-state index contributed by atoms with van der Waals surface area (Å²) < 4.78 is 5.59. The van der Waals surface area contributed by atoms with Crippen molar-refractivity contribution in [3.8, 4) is 5.75 Å². The van der Waals surface area contributed by atoms with E-state index in [4.69, 9.17) is 4.74 Å². The summed E-state index contributed by atoms with van der Waals surface area (Å²) in [4.78, 5) is 24.3. The minimum Gasteiger partial charge on any atom is -0.491 e. The number of ether oxygens (including phenoxy) is 1. The van der Waals surface area contributed by atoms with Gasteiger partial charge in [0.25, 0.3) is 5.91 Å². The lowest BCUT2D eigenvalue weighted by atomic mass is 9.78. The van der Waals surface area contributed by atoms with Gasteiger partial charge in [0.05, 0.1) is 6.10 Å². The number of nitrogens with one attached hydrogen (secondary N) is 2. The minimum atomic E-state index is -0.270. The summed E-state index contributed by atoms with van der Waals surface area (Å²) in [5.74, 6) is 0.574. The van der Waals surface area contributed by atoms with Crippen LogP contribution in [0.1, 0.15) is 50.0 Å². The molecule has 2 aromatic carbocycles. The number of benzene rings is 2. The van der Waals surface area contributed by atoms with E-state index in [0.717, 1.165) is 17.0 Å². The molecule has 1 heterocycles. The summed E-state index contributed by atoms with van der Waals surface area (Å²) in [6, 6.07) is 12.6. The van der Waals surface area contributed by atoms with Crippen molar-refractivity contribution < 1.29 is 14.3 Å². The van der Waals surface area contributed by atoms with Crippen LogP contribution in [0.4, 0.5) is 11.4 Å². The van der Waals surface area contributed by atoms with Crippen LogP contribution in [0.25, 0.3) is 0 Å². The normalized spacial score (nSPS) is 15.2. The van der Waals surface area contributed by atoms with Crippen LogP contribution in [-0.4, -0.2) is 17.9 Å². The summed E-state index contributed by atoms with van der Waals surface area (Å²) in [6.45, 7) is 7.98. The summed E-state index contributed by atoms with van der Waals surface area (Å²) in [5.41, 5.74) is 2.83. The number of fused-ring (bicyclic) bond motifs is 1. The lowest BCUT2D eigenvalue weighted by molar-refractivity contribution is -0.117. The standard InChI is InChI=1S/C21H24N2O3/c1-13(2)26-16-8-5-14(6-9-16)20(25)22-15-7-10-18-17(11-15)21(3,4)12-19(24)23-18/h5-11,13H,12H2,1-4H3,(H,22,25)(H,23,24). The third-order valence-electron chi connectivity index (χ3n) is 4.37. The first-order valence-electron chi connectivity index (χ1n) is 8.77. The molecule has 3 rings (SSSR count). The van der Waals surface area contributed by atoms with E-state index in [1.54, 1.807) is 30.3 Å². The maximum atomic E-state index is 12.5. The molecule has 5 nitrogen and oxygen atoms in total. The first-order chi connectivity index (χ1) is 12.2. The average Bonchev–Trinajstić information content (AvgIpc) is 2.55. The van der Waals surface area contributed by atoms with Crippen molar-refractivity contribution in [1.29, 1.82) is 0 Å². The van der Waals surface area contributed by atoms with Gasteiger partial charge in [0.2, 0.25) is 5.91 Å². The van der Waals surface area contributed by atoms with Crippen LogP contribution in [0, 0.1) is 0 Å². The Bertz CT molecular complexity index is 839. The van der Waals surface area contributed by atoms with Crippen molar-refractivity contribution in [3.63, 3.8) is 0 Å². The van der Waals surface area contributed by atoms with E-state index in [-0.39, 0.29) is 23.3 Å².